The number of hydrogen-bond donors (Lipinski definition) is 2. The number of nitrogens with two attached hydrogens (primary N) is 1. The fourth-order valence-electron chi connectivity index (χ4n) is 6.85. The summed E-state index contributed by atoms with van der Waals surface area (Å²) in [5, 5.41) is 3.28. The van der Waals surface area contributed by atoms with Crippen LogP contribution < -0.4 is 30.7 Å². The van der Waals surface area contributed by atoms with Crippen molar-refractivity contribution >= 4 is 28.1 Å². The second kappa shape index (κ2) is 10.1. The van der Waals surface area contributed by atoms with Crippen LogP contribution in [0.25, 0.3) is 10.9 Å². The maximum atomic E-state index is 16.0. The van der Waals surface area contributed by atoms with Crippen molar-refractivity contribution in [2.75, 3.05) is 31.0 Å². The van der Waals surface area contributed by atoms with Gasteiger partial charge in [-0.1, -0.05) is 49.2 Å². The predicted molar refractivity (Wildman–Crippen MR) is 158 cm³/mol. The molecule has 8 nitrogen and oxygen atoms in total. The molecule has 7 rings (SSSR count). The molecular weight excluding hydrogens is 537 g/mol. The molecular formula is C33H32FN3O5. The van der Waals surface area contributed by atoms with E-state index in [4.69, 9.17) is 19.9 Å². The monoisotopic (exact) mass is 569 g/mol. The fourth-order valence-corrected chi connectivity index (χ4v) is 6.85. The second-order valence-corrected chi connectivity index (χ2v) is 11.5. The summed E-state index contributed by atoms with van der Waals surface area (Å²) in [6, 6.07) is 16.0. The van der Waals surface area contributed by atoms with Crippen LogP contribution in [0, 0.1) is 5.82 Å². The van der Waals surface area contributed by atoms with E-state index in [1.54, 1.807) is 6.20 Å². The van der Waals surface area contributed by atoms with E-state index in [1.165, 1.54) is 6.92 Å². The summed E-state index contributed by atoms with van der Waals surface area (Å²) in [6.07, 6.45) is 5.96. The zero-order valence-electron chi connectivity index (χ0n) is 23.4. The molecule has 9 heteroatoms. The fraction of sp³-hybridized carbons (Fsp3) is 0.333. The van der Waals surface area contributed by atoms with E-state index in [1.807, 2.05) is 41.0 Å². The number of nitrogens with zero attached hydrogens (tertiary/aromatic N) is 1. The molecule has 3 heterocycles. The van der Waals surface area contributed by atoms with Crippen LogP contribution in [0.1, 0.15) is 66.4 Å². The third kappa shape index (κ3) is 4.09. The smallest absolute Gasteiger partial charge is 0.231 e. The van der Waals surface area contributed by atoms with Gasteiger partial charge in [0.1, 0.15) is 12.3 Å². The summed E-state index contributed by atoms with van der Waals surface area (Å²) in [4.78, 5) is 25.9. The normalized spacial score (nSPS) is 16.9. The van der Waals surface area contributed by atoms with E-state index in [0.29, 0.717) is 36.6 Å². The van der Waals surface area contributed by atoms with E-state index >= 15 is 4.39 Å². The number of ketones is 1. The molecule has 1 saturated carbocycles. The summed E-state index contributed by atoms with van der Waals surface area (Å²) in [6.45, 7) is 2.27. The third-order valence-corrected chi connectivity index (χ3v) is 9.02. The zero-order chi connectivity index (χ0) is 29.0. The van der Waals surface area contributed by atoms with Crippen molar-refractivity contribution in [2.45, 2.75) is 50.5 Å². The minimum atomic E-state index is -0.747. The van der Waals surface area contributed by atoms with Gasteiger partial charge >= 0.3 is 0 Å². The number of aromatic nitrogens is 1. The number of halogens is 1. The Labute approximate surface area is 242 Å². The Bertz CT molecular complexity index is 1780. The molecule has 4 aromatic rings. The first-order valence-electron chi connectivity index (χ1n) is 14.4. The third-order valence-electron chi connectivity index (χ3n) is 9.02. The molecule has 1 aliphatic carbocycles. The molecule has 0 saturated heterocycles. The highest BCUT2D eigenvalue weighted by atomic mass is 19.1. The maximum Gasteiger partial charge on any atom is 0.231 e. The summed E-state index contributed by atoms with van der Waals surface area (Å²) in [5.41, 5.74) is 7.87. The summed E-state index contributed by atoms with van der Waals surface area (Å²) < 4.78 is 35.4. The van der Waals surface area contributed by atoms with Crippen LogP contribution in [0.2, 0.25) is 0 Å². The molecule has 1 spiro atoms. The largest absolute Gasteiger partial charge is 0.487 e. The lowest BCUT2D eigenvalue weighted by Gasteiger charge is -2.39. The van der Waals surface area contributed by atoms with E-state index in [-0.39, 0.29) is 46.6 Å². The van der Waals surface area contributed by atoms with Gasteiger partial charge in [-0.2, -0.15) is 0 Å². The number of carbonyl (C=O) groups is 1. The van der Waals surface area contributed by atoms with Crippen molar-refractivity contribution in [3.8, 4) is 17.2 Å². The Balaban J connectivity index is 1.28. The van der Waals surface area contributed by atoms with Crippen LogP contribution in [0.3, 0.4) is 0 Å². The lowest BCUT2D eigenvalue weighted by Crippen LogP contribution is -2.42. The zero-order valence-corrected chi connectivity index (χ0v) is 23.4. The van der Waals surface area contributed by atoms with Gasteiger partial charge in [-0.05, 0) is 49.4 Å². The Hall–Kier alpha value is -4.53. The van der Waals surface area contributed by atoms with Gasteiger partial charge in [-0.15, -0.1) is 0 Å². The van der Waals surface area contributed by atoms with Crippen molar-refractivity contribution < 1.29 is 23.4 Å². The number of rotatable bonds is 7. The topological polar surface area (TPSA) is 105 Å². The highest BCUT2D eigenvalue weighted by Gasteiger charge is 2.42. The number of fused-ring (bicyclic) bond motifs is 2. The maximum absolute atomic E-state index is 16.0. The number of anilines is 2. The van der Waals surface area contributed by atoms with E-state index in [0.717, 1.165) is 36.8 Å². The molecule has 3 aromatic carbocycles. The molecule has 216 valence electrons. The summed E-state index contributed by atoms with van der Waals surface area (Å²) >= 11 is 0. The molecule has 0 radical (unpaired) electrons. The number of carbonyl (C=O) groups excluding carboxylic acids is 1. The molecule has 1 fully saturated rings. The van der Waals surface area contributed by atoms with Gasteiger partial charge in [0.2, 0.25) is 12.2 Å². The van der Waals surface area contributed by atoms with Crippen molar-refractivity contribution in [3.05, 3.63) is 87.5 Å². The molecule has 0 bridgehead atoms. The average Bonchev–Trinajstić information content (AvgIpc) is 3.67. The van der Waals surface area contributed by atoms with Crippen LogP contribution in [-0.4, -0.2) is 30.3 Å². The van der Waals surface area contributed by atoms with Crippen molar-refractivity contribution in [1.82, 2.24) is 4.57 Å². The predicted octanol–water partition coefficient (Wildman–Crippen LogP) is 5.95. The Kier molecular flexibility index (Phi) is 6.33. The van der Waals surface area contributed by atoms with E-state index in [2.05, 4.69) is 17.4 Å². The summed E-state index contributed by atoms with van der Waals surface area (Å²) in [7, 11) is 0. The molecule has 3 N–H and O–H groups in total. The Morgan fingerprint density at radius 3 is 2.60 bits per heavy atom. The molecule has 0 amide bonds. The lowest BCUT2D eigenvalue weighted by molar-refractivity contribution is 0.101. The number of benzene rings is 3. The Morgan fingerprint density at radius 1 is 1.07 bits per heavy atom. The van der Waals surface area contributed by atoms with Gasteiger partial charge < -0.3 is 29.8 Å². The van der Waals surface area contributed by atoms with Gasteiger partial charge in [0.25, 0.3) is 0 Å². The highest BCUT2D eigenvalue weighted by Crippen LogP contribution is 2.49. The molecule has 42 heavy (non-hydrogen) atoms. The number of pyridine rings is 1. The van der Waals surface area contributed by atoms with Gasteiger partial charge in [-0.25, -0.2) is 4.39 Å². The molecule has 1 aromatic heterocycles. The minimum absolute atomic E-state index is 0.00856. The number of ether oxygens (including phenoxy) is 3. The van der Waals surface area contributed by atoms with Crippen molar-refractivity contribution in [3.63, 3.8) is 0 Å². The van der Waals surface area contributed by atoms with Crippen molar-refractivity contribution in [1.29, 1.82) is 0 Å². The highest BCUT2D eigenvalue weighted by molar-refractivity contribution is 6.04. The number of nitrogens with one attached hydrogen (secondary N) is 1. The number of nitrogen functional groups attached to an aromatic ring is 1. The van der Waals surface area contributed by atoms with Crippen LogP contribution in [0.4, 0.5) is 15.8 Å². The van der Waals surface area contributed by atoms with Crippen LogP contribution in [0.5, 0.6) is 17.2 Å². The molecule has 3 aliphatic rings. The second-order valence-electron chi connectivity index (χ2n) is 11.5. The average molecular weight is 570 g/mol. The van der Waals surface area contributed by atoms with Crippen molar-refractivity contribution in [2.24, 2.45) is 0 Å². The minimum Gasteiger partial charge on any atom is -0.487 e. The number of hydrogen-bond acceptors (Lipinski definition) is 7. The van der Waals surface area contributed by atoms with E-state index in [9.17, 15) is 9.59 Å². The standard InChI is InChI=1S/C33H32FN3O5/c1-19(38)23-16-37-30-26(31(23)39)28(35)27(34)29(32(30)40-17-33(37)12-5-6-13-33)36-14-11-22(20-7-3-2-4-8-20)21-9-10-24-25(15-21)42-18-41-24/h2-4,7-10,15-16,22,36H,5-6,11-14,17-18,35H2,1H3. The van der Waals surface area contributed by atoms with Gasteiger partial charge in [-0.3, -0.25) is 9.59 Å². The quantitative estimate of drug-likeness (QED) is 0.209. The first-order valence-corrected chi connectivity index (χ1v) is 14.4. The van der Waals surface area contributed by atoms with Gasteiger partial charge in [0.05, 0.1) is 27.7 Å². The first kappa shape index (κ1) is 26.4. The summed E-state index contributed by atoms with van der Waals surface area (Å²) in [5.74, 6) is 0.557. The first-order chi connectivity index (χ1) is 20.4. The molecule has 2 aliphatic heterocycles. The van der Waals surface area contributed by atoms with Crippen LogP contribution in [-0.2, 0) is 5.54 Å². The Morgan fingerprint density at radius 2 is 1.83 bits per heavy atom. The van der Waals surface area contributed by atoms with Gasteiger partial charge in [0.15, 0.2) is 28.8 Å². The lowest BCUT2D eigenvalue weighted by atomic mass is 9.88. The van der Waals surface area contributed by atoms with E-state index < -0.39 is 16.8 Å². The molecule has 1 unspecified atom stereocenters. The van der Waals surface area contributed by atoms with Crippen LogP contribution in [0.15, 0.2) is 59.5 Å². The SMILES string of the molecule is CC(=O)c1cn2c3c(c(NCCC(c4ccccc4)c4ccc5c(c4)OCO5)c(F)c(N)c3c1=O)OCC21CCCC1. The van der Waals surface area contributed by atoms with Crippen LogP contribution >= 0.6 is 0 Å². The molecule has 1 atom stereocenters. The van der Waals surface area contributed by atoms with Gasteiger partial charge in [0, 0.05) is 18.7 Å². The number of Topliss-reactive ketones (excluding diaryl/α,β-unsaturated/α-hetero) is 1.